The van der Waals surface area contributed by atoms with E-state index in [2.05, 4.69) is 52.8 Å². The van der Waals surface area contributed by atoms with Crippen LogP contribution in [0.4, 0.5) is 0 Å². The molecule has 0 radical (unpaired) electrons. The Hall–Kier alpha value is -0.780. The smallest absolute Gasteiger partial charge is 0.0276 e. The van der Waals surface area contributed by atoms with Crippen LogP contribution in [0, 0.1) is 17.8 Å². The van der Waals surface area contributed by atoms with Gasteiger partial charge in [-0.25, -0.2) is 0 Å². The monoisotopic (exact) mass is 342 g/mol. The highest BCUT2D eigenvalue weighted by Crippen LogP contribution is 2.49. The minimum Gasteiger partial charge on any atom is -0.0602 e. The summed E-state index contributed by atoms with van der Waals surface area (Å²) in [7, 11) is 0. The Morgan fingerprint density at radius 1 is 0.840 bits per heavy atom. The lowest BCUT2D eigenvalue weighted by Crippen LogP contribution is -2.04. The Kier molecular flexibility index (Phi) is 7.59. The summed E-state index contributed by atoms with van der Waals surface area (Å²) in [4.78, 5) is 0. The number of unbranched alkanes of at least 4 members (excludes halogenated alkanes) is 4. The lowest BCUT2D eigenvalue weighted by Gasteiger charge is -2.17. The highest BCUT2D eigenvalue weighted by molar-refractivity contribution is 5.31. The third-order valence-corrected chi connectivity index (χ3v) is 6.06. The van der Waals surface area contributed by atoms with Crippen LogP contribution in [0.5, 0.6) is 0 Å². The van der Waals surface area contributed by atoms with Crippen molar-refractivity contribution in [2.75, 3.05) is 0 Å². The molecule has 0 aliphatic heterocycles. The van der Waals surface area contributed by atoms with Crippen molar-refractivity contribution in [3.05, 3.63) is 34.9 Å². The molecule has 1 aliphatic rings. The molecule has 1 aliphatic carbocycles. The van der Waals surface area contributed by atoms with Gasteiger partial charge in [-0.1, -0.05) is 77.1 Å². The van der Waals surface area contributed by atoms with Gasteiger partial charge in [0.25, 0.3) is 0 Å². The lowest BCUT2D eigenvalue weighted by molar-refractivity contribution is 0.358. The molecular formula is C25H42. The van der Waals surface area contributed by atoms with Crippen LogP contribution < -0.4 is 0 Å². The fourth-order valence-electron chi connectivity index (χ4n) is 3.89. The van der Waals surface area contributed by atoms with E-state index in [0.29, 0.717) is 5.41 Å². The average Bonchev–Trinajstić information content (AvgIpc) is 3.25. The van der Waals surface area contributed by atoms with Crippen molar-refractivity contribution in [1.82, 2.24) is 0 Å². The van der Waals surface area contributed by atoms with Crippen LogP contribution in [0.3, 0.4) is 0 Å². The molecule has 142 valence electrons. The van der Waals surface area contributed by atoms with Gasteiger partial charge in [-0.15, -0.1) is 0 Å². The zero-order chi connectivity index (χ0) is 18.3. The van der Waals surface area contributed by atoms with Crippen molar-refractivity contribution in [3.8, 4) is 0 Å². The summed E-state index contributed by atoms with van der Waals surface area (Å²) in [5.41, 5.74) is 5.91. The molecule has 0 aromatic heterocycles. The maximum atomic E-state index is 2.46. The van der Waals surface area contributed by atoms with E-state index in [1.165, 1.54) is 82.6 Å². The molecule has 0 amide bonds. The maximum Gasteiger partial charge on any atom is -0.0276 e. The molecule has 0 bridgehead atoms. The van der Waals surface area contributed by atoms with Crippen LogP contribution in [0.1, 0.15) is 109 Å². The first-order valence-corrected chi connectivity index (χ1v) is 10.9. The molecule has 2 rings (SSSR count). The van der Waals surface area contributed by atoms with Crippen LogP contribution in [0.2, 0.25) is 0 Å². The fourth-order valence-corrected chi connectivity index (χ4v) is 3.89. The predicted octanol–water partition coefficient (Wildman–Crippen LogP) is 8.05. The number of rotatable bonds is 11. The van der Waals surface area contributed by atoms with Gasteiger partial charge in [-0.05, 0) is 80.2 Å². The number of aryl methyl sites for hydroxylation is 3. The molecular weight excluding hydrogens is 300 g/mol. The van der Waals surface area contributed by atoms with E-state index >= 15 is 0 Å². The number of hydrogen-bond donors (Lipinski definition) is 0. The van der Waals surface area contributed by atoms with Crippen molar-refractivity contribution < 1.29 is 0 Å². The topological polar surface area (TPSA) is 0 Å². The van der Waals surface area contributed by atoms with E-state index in [-0.39, 0.29) is 0 Å². The van der Waals surface area contributed by atoms with Crippen LogP contribution >= 0.6 is 0 Å². The second kappa shape index (κ2) is 9.24. The summed E-state index contributed by atoms with van der Waals surface area (Å²) in [6.07, 6.45) is 16.7. The zero-order valence-corrected chi connectivity index (χ0v) is 17.7. The molecule has 1 saturated carbocycles. The number of hydrogen-bond acceptors (Lipinski definition) is 0. The molecule has 0 heteroatoms. The first-order valence-electron chi connectivity index (χ1n) is 10.9. The molecule has 0 heterocycles. The van der Waals surface area contributed by atoms with Gasteiger partial charge in [-0.2, -0.15) is 0 Å². The van der Waals surface area contributed by atoms with Crippen molar-refractivity contribution in [3.63, 3.8) is 0 Å². The highest BCUT2D eigenvalue weighted by Gasteiger charge is 2.35. The van der Waals surface area contributed by atoms with Crippen LogP contribution in [-0.2, 0) is 12.8 Å². The van der Waals surface area contributed by atoms with Crippen LogP contribution in [0.15, 0.2) is 18.2 Å². The Bertz CT molecular complexity index is 513. The van der Waals surface area contributed by atoms with Gasteiger partial charge in [0.15, 0.2) is 0 Å². The molecule has 0 N–H and O–H groups in total. The molecule has 1 fully saturated rings. The maximum absolute atomic E-state index is 2.46. The third kappa shape index (κ3) is 8.43. The van der Waals surface area contributed by atoms with Gasteiger partial charge >= 0.3 is 0 Å². The molecule has 0 saturated heterocycles. The zero-order valence-electron chi connectivity index (χ0n) is 17.7. The molecule has 1 aromatic rings. The molecule has 0 atom stereocenters. The van der Waals surface area contributed by atoms with Crippen molar-refractivity contribution in [1.29, 1.82) is 0 Å². The predicted molar refractivity (Wildman–Crippen MR) is 112 cm³/mol. The fraction of sp³-hybridized carbons (Fsp3) is 0.760. The SMILES string of the molecule is Cc1ccc(CCCCCC2(C)CC2)c(CCCCCC(C)(C)C)c1. The molecule has 1 aromatic carbocycles. The van der Waals surface area contributed by atoms with Crippen LogP contribution in [-0.4, -0.2) is 0 Å². The van der Waals surface area contributed by atoms with E-state index in [9.17, 15) is 0 Å². The van der Waals surface area contributed by atoms with Crippen molar-refractivity contribution in [2.24, 2.45) is 10.8 Å². The molecule has 0 spiro atoms. The largest absolute Gasteiger partial charge is 0.0602 e. The van der Waals surface area contributed by atoms with E-state index in [0.717, 1.165) is 5.41 Å². The van der Waals surface area contributed by atoms with E-state index in [4.69, 9.17) is 0 Å². The number of benzene rings is 1. The van der Waals surface area contributed by atoms with Crippen molar-refractivity contribution >= 4 is 0 Å². The van der Waals surface area contributed by atoms with E-state index in [1.807, 2.05) is 0 Å². The van der Waals surface area contributed by atoms with Crippen LogP contribution in [0.25, 0.3) is 0 Å². The Morgan fingerprint density at radius 3 is 2.12 bits per heavy atom. The average molecular weight is 343 g/mol. The summed E-state index contributed by atoms with van der Waals surface area (Å²) >= 11 is 0. The molecule has 0 unspecified atom stereocenters. The lowest BCUT2D eigenvalue weighted by atomic mass is 9.89. The summed E-state index contributed by atoms with van der Waals surface area (Å²) in [6, 6.07) is 7.16. The Morgan fingerprint density at radius 2 is 1.48 bits per heavy atom. The van der Waals surface area contributed by atoms with Crippen molar-refractivity contribution in [2.45, 2.75) is 112 Å². The highest BCUT2D eigenvalue weighted by atomic mass is 14.4. The van der Waals surface area contributed by atoms with Gasteiger partial charge in [0.1, 0.15) is 0 Å². The van der Waals surface area contributed by atoms with E-state index in [1.54, 1.807) is 11.1 Å². The quantitative estimate of drug-likeness (QED) is 0.357. The second-order valence-electron chi connectivity index (χ2n) is 10.3. The summed E-state index contributed by atoms with van der Waals surface area (Å²) in [6.45, 7) is 11.8. The van der Waals surface area contributed by atoms with Gasteiger partial charge in [0.2, 0.25) is 0 Å². The third-order valence-electron chi connectivity index (χ3n) is 6.06. The molecule has 0 nitrogen and oxygen atoms in total. The van der Waals surface area contributed by atoms with E-state index < -0.39 is 0 Å². The molecule has 25 heavy (non-hydrogen) atoms. The van der Waals surface area contributed by atoms with Gasteiger partial charge < -0.3 is 0 Å². The minimum absolute atomic E-state index is 0.492. The van der Waals surface area contributed by atoms with Gasteiger partial charge in [0, 0.05) is 0 Å². The summed E-state index contributed by atoms with van der Waals surface area (Å²) in [5.74, 6) is 0. The standard InChI is InChI=1S/C25H42/c1-21-14-15-22(12-8-7-11-17-25(5)18-19-25)23(20-21)13-9-6-10-16-24(2,3)4/h14-15,20H,6-13,16-19H2,1-5H3. The first kappa shape index (κ1) is 20.5. The Labute approximate surface area is 157 Å². The summed E-state index contributed by atoms with van der Waals surface area (Å²) < 4.78 is 0. The van der Waals surface area contributed by atoms with Gasteiger partial charge in [-0.3, -0.25) is 0 Å². The normalized spacial score (nSPS) is 16.2. The minimum atomic E-state index is 0.492. The Balaban J connectivity index is 1.70. The summed E-state index contributed by atoms with van der Waals surface area (Å²) in [5, 5.41) is 0. The second-order valence-corrected chi connectivity index (χ2v) is 10.3. The first-order chi connectivity index (χ1) is 11.8. The van der Waals surface area contributed by atoms with Gasteiger partial charge in [0.05, 0.1) is 0 Å².